The fraction of sp³-hybridized carbons (Fsp3) is 0.455. The van der Waals surface area contributed by atoms with Gasteiger partial charge in [0.15, 0.2) is 0 Å². The summed E-state index contributed by atoms with van der Waals surface area (Å²) in [5.74, 6) is -3.01. The Bertz CT molecular complexity index is 795. The molecule has 1 N–H and O–H groups in total. The van der Waals surface area contributed by atoms with Crippen molar-refractivity contribution in [2.45, 2.75) is 57.8 Å². The van der Waals surface area contributed by atoms with E-state index in [9.17, 15) is 24.3 Å². The van der Waals surface area contributed by atoms with Gasteiger partial charge in [-0.05, 0) is 37.0 Å². The van der Waals surface area contributed by atoms with Gasteiger partial charge in [-0.3, -0.25) is 0 Å². The molecule has 29 heavy (non-hydrogen) atoms. The molecule has 1 heterocycles. The SMILES string of the molecule is C=CC(=O)OCCCCCCCCCCc1cc(C(=O)O)cc2c1C(=O)OC2=O. The van der Waals surface area contributed by atoms with E-state index in [0.717, 1.165) is 57.4 Å². The van der Waals surface area contributed by atoms with Crippen molar-refractivity contribution in [3.05, 3.63) is 47.0 Å². The smallest absolute Gasteiger partial charge is 0.347 e. The number of aryl methyl sites for hydroxylation is 1. The van der Waals surface area contributed by atoms with Gasteiger partial charge in [0, 0.05) is 6.08 Å². The van der Waals surface area contributed by atoms with E-state index >= 15 is 0 Å². The van der Waals surface area contributed by atoms with Crippen LogP contribution in [0, 0.1) is 0 Å². The van der Waals surface area contributed by atoms with Crippen LogP contribution in [0.25, 0.3) is 0 Å². The summed E-state index contributed by atoms with van der Waals surface area (Å²) in [6.07, 6.45) is 9.59. The minimum atomic E-state index is -1.14. The van der Waals surface area contributed by atoms with Crippen molar-refractivity contribution in [1.82, 2.24) is 0 Å². The highest BCUT2D eigenvalue weighted by atomic mass is 16.6. The van der Waals surface area contributed by atoms with E-state index < -0.39 is 17.9 Å². The van der Waals surface area contributed by atoms with Gasteiger partial charge in [0.05, 0.1) is 23.3 Å². The Balaban J connectivity index is 1.68. The molecule has 7 nitrogen and oxygen atoms in total. The number of ether oxygens (including phenoxy) is 2. The minimum absolute atomic E-state index is 0.0100. The molecule has 0 unspecified atom stereocenters. The lowest BCUT2D eigenvalue weighted by Gasteiger charge is -2.07. The Kier molecular flexibility index (Phi) is 8.58. The topological polar surface area (TPSA) is 107 Å². The van der Waals surface area contributed by atoms with Crippen molar-refractivity contribution in [3.8, 4) is 0 Å². The van der Waals surface area contributed by atoms with Gasteiger partial charge >= 0.3 is 23.9 Å². The Morgan fingerprint density at radius 2 is 1.59 bits per heavy atom. The maximum absolute atomic E-state index is 11.9. The van der Waals surface area contributed by atoms with E-state index in [-0.39, 0.29) is 22.7 Å². The molecular weight excluding hydrogens is 376 g/mol. The highest BCUT2D eigenvalue weighted by molar-refractivity contribution is 6.16. The van der Waals surface area contributed by atoms with Crippen LogP contribution < -0.4 is 0 Å². The number of carboxylic acid groups (broad SMARTS) is 1. The molecule has 0 spiro atoms. The van der Waals surface area contributed by atoms with Crippen LogP contribution in [-0.2, 0) is 20.7 Å². The number of unbranched alkanes of at least 4 members (excludes halogenated alkanes) is 7. The molecule has 1 aliphatic heterocycles. The Morgan fingerprint density at radius 3 is 2.21 bits per heavy atom. The molecule has 0 fully saturated rings. The Morgan fingerprint density at radius 1 is 0.966 bits per heavy atom. The van der Waals surface area contributed by atoms with Gasteiger partial charge in [-0.25, -0.2) is 19.2 Å². The fourth-order valence-electron chi connectivity index (χ4n) is 3.32. The number of hydrogen-bond donors (Lipinski definition) is 1. The van der Waals surface area contributed by atoms with Crippen LogP contribution in [0.15, 0.2) is 24.8 Å². The Labute approximate surface area is 169 Å². The first kappa shape index (κ1) is 22.3. The second kappa shape index (κ2) is 11.1. The van der Waals surface area contributed by atoms with E-state index in [1.54, 1.807) is 0 Å². The molecule has 7 heteroatoms. The van der Waals surface area contributed by atoms with Gasteiger partial charge in [0.25, 0.3) is 0 Å². The predicted octanol–water partition coefficient (Wildman–Crippen LogP) is 4.09. The summed E-state index contributed by atoms with van der Waals surface area (Å²) < 4.78 is 9.54. The van der Waals surface area contributed by atoms with Crippen LogP contribution in [0.2, 0.25) is 0 Å². The second-order valence-corrected chi connectivity index (χ2v) is 6.99. The first-order valence-electron chi connectivity index (χ1n) is 9.90. The first-order valence-corrected chi connectivity index (χ1v) is 9.90. The zero-order chi connectivity index (χ0) is 21.2. The highest BCUT2D eigenvalue weighted by Gasteiger charge is 2.33. The summed E-state index contributed by atoms with van der Waals surface area (Å²) >= 11 is 0. The predicted molar refractivity (Wildman–Crippen MR) is 105 cm³/mol. The van der Waals surface area contributed by atoms with Gasteiger partial charge in [-0.1, -0.05) is 45.1 Å². The van der Waals surface area contributed by atoms with Crippen molar-refractivity contribution in [3.63, 3.8) is 0 Å². The molecule has 0 saturated carbocycles. The molecule has 0 atom stereocenters. The van der Waals surface area contributed by atoms with Crippen LogP contribution in [0.3, 0.4) is 0 Å². The zero-order valence-electron chi connectivity index (χ0n) is 16.4. The molecule has 0 amide bonds. The van der Waals surface area contributed by atoms with Gasteiger partial charge in [0.2, 0.25) is 0 Å². The van der Waals surface area contributed by atoms with Crippen molar-refractivity contribution >= 4 is 23.9 Å². The zero-order valence-corrected chi connectivity index (χ0v) is 16.4. The molecule has 0 aromatic heterocycles. The van der Waals surface area contributed by atoms with Gasteiger partial charge in [0.1, 0.15) is 0 Å². The molecule has 156 valence electrons. The molecule has 1 aliphatic rings. The van der Waals surface area contributed by atoms with Gasteiger partial charge in [-0.15, -0.1) is 0 Å². The van der Waals surface area contributed by atoms with Crippen molar-refractivity contribution in [2.24, 2.45) is 0 Å². The van der Waals surface area contributed by atoms with Crippen LogP contribution in [0.4, 0.5) is 0 Å². The molecule has 1 aromatic rings. The van der Waals surface area contributed by atoms with E-state index in [0.29, 0.717) is 18.6 Å². The van der Waals surface area contributed by atoms with Crippen molar-refractivity contribution in [2.75, 3.05) is 6.61 Å². The molecule has 1 aromatic carbocycles. The van der Waals surface area contributed by atoms with Crippen LogP contribution in [-0.4, -0.2) is 35.6 Å². The number of fused-ring (bicyclic) bond motifs is 1. The lowest BCUT2D eigenvalue weighted by atomic mass is 9.94. The number of carbonyl (C=O) groups excluding carboxylic acids is 3. The van der Waals surface area contributed by atoms with E-state index in [2.05, 4.69) is 11.3 Å². The third kappa shape index (κ3) is 6.55. The van der Waals surface area contributed by atoms with Crippen LogP contribution in [0.1, 0.15) is 88.0 Å². The average molecular weight is 402 g/mol. The number of aromatic carboxylic acids is 1. The summed E-state index contributed by atoms with van der Waals surface area (Å²) in [7, 11) is 0. The second-order valence-electron chi connectivity index (χ2n) is 6.99. The quantitative estimate of drug-likeness (QED) is 0.229. The largest absolute Gasteiger partial charge is 0.478 e. The fourth-order valence-corrected chi connectivity index (χ4v) is 3.32. The number of carbonyl (C=O) groups is 4. The third-order valence-electron chi connectivity index (χ3n) is 4.83. The average Bonchev–Trinajstić information content (AvgIpc) is 2.99. The van der Waals surface area contributed by atoms with Crippen molar-refractivity contribution < 1.29 is 33.8 Å². The Hall–Kier alpha value is -2.96. The molecule has 0 saturated heterocycles. The van der Waals surface area contributed by atoms with E-state index in [1.165, 1.54) is 12.1 Å². The monoisotopic (exact) mass is 402 g/mol. The van der Waals surface area contributed by atoms with Crippen LogP contribution in [0.5, 0.6) is 0 Å². The van der Waals surface area contributed by atoms with Crippen LogP contribution >= 0.6 is 0 Å². The van der Waals surface area contributed by atoms with E-state index in [4.69, 9.17) is 4.74 Å². The minimum Gasteiger partial charge on any atom is -0.478 e. The van der Waals surface area contributed by atoms with Crippen molar-refractivity contribution in [1.29, 1.82) is 0 Å². The number of esters is 3. The third-order valence-corrected chi connectivity index (χ3v) is 4.83. The maximum Gasteiger partial charge on any atom is 0.347 e. The lowest BCUT2D eigenvalue weighted by Crippen LogP contribution is -2.05. The van der Waals surface area contributed by atoms with Gasteiger partial charge in [-0.2, -0.15) is 0 Å². The van der Waals surface area contributed by atoms with Gasteiger partial charge < -0.3 is 14.6 Å². The normalized spacial score (nSPS) is 12.4. The summed E-state index contributed by atoms with van der Waals surface area (Å²) in [6.45, 7) is 3.77. The first-order chi connectivity index (χ1) is 13.9. The number of cyclic esters (lactones) is 2. The number of rotatable bonds is 13. The lowest BCUT2D eigenvalue weighted by molar-refractivity contribution is -0.137. The molecule has 0 bridgehead atoms. The molecule has 0 radical (unpaired) electrons. The maximum atomic E-state index is 11.9. The molecule has 0 aliphatic carbocycles. The standard InChI is InChI=1S/C22H26O7/c1-2-18(23)28-12-10-8-6-4-3-5-7-9-11-15-13-16(20(24)25)14-17-19(15)22(27)29-21(17)26/h2,13-14H,1,3-12H2,(H,24,25). The summed E-state index contributed by atoms with van der Waals surface area (Å²) in [6, 6.07) is 2.66. The number of hydrogen-bond acceptors (Lipinski definition) is 6. The molecular formula is C22H26O7. The summed E-state index contributed by atoms with van der Waals surface area (Å²) in [4.78, 5) is 45.8. The summed E-state index contributed by atoms with van der Waals surface area (Å²) in [5, 5.41) is 9.21. The van der Waals surface area contributed by atoms with E-state index in [1.807, 2.05) is 0 Å². The molecule has 2 rings (SSSR count). The number of benzene rings is 1. The number of carboxylic acids is 1. The highest BCUT2D eigenvalue weighted by Crippen LogP contribution is 2.27. The summed E-state index contributed by atoms with van der Waals surface area (Å²) in [5.41, 5.74) is 0.801.